The predicted octanol–water partition coefficient (Wildman–Crippen LogP) is 5.78. The minimum Gasteiger partial charge on any atom is -0.358 e. The molecule has 0 atom stereocenters. The Morgan fingerprint density at radius 1 is 1.00 bits per heavy atom. The maximum atomic E-state index is 6.00. The van der Waals surface area contributed by atoms with Gasteiger partial charge in [0.05, 0.1) is 10.0 Å². The van der Waals surface area contributed by atoms with E-state index in [1.807, 2.05) is 24.3 Å². The van der Waals surface area contributed by atoms with Gasteiger partial charge in [0.2, 0.25) is 0 Å². The van der Waals surface area contributed by atoms with Crippen LogP contribution in [0.4, 0.5) is 5.69 Å². The van der Waals surface area contributed by atoms with Crippen molar-refractivity contribution in [1.82, 2.24) is 5.32 Å². The molecule has 0 unspecified atom stereocenters. The fourth-order valence-corrected chi connectivity index (χ4v) is 2.57. The van der Waals surface area contributed by atoms with Crippen molar-refractivity contribution in [2.24, 2.45) is 0 Å². The first-order chi connectivity index (χ1) is 10.8. The average molecular weight is 367 g/mol. The first-order valence-corrected chi connectivity index (χ1v) is 8.51. The Hall–Kier alpha value is -1.29. The molecule has 0 aliphatic carbocycles. The monoisotopic (exact) mass is 366 g/mol. The summed E-state index contributed by atoms with van der Waals surface area (Å²) in [6, 6.07) is 13.8. The molecule has 0 aromatic heterocycles. The van der Waals surface area contributed by atoms with Crippen molar-refractivity contribution in [1.29, 1.82) is 0 Å². The van der Waals surface area contributed by atoms with E-state index in [4.69, 9.17) is 35.4 Å². The van der Waals surface area contributed by atoms with Crippen molar-refractivity contribution in [3.05, 3.63) is 63.6 Å². The summed E-state index contributed by atoms with van der Waals surface area (Å²) >= 11 is 17.2. The molecule has 0 bridgehead atoms. The maximum absolute atomic E-state index is 6.00. The molecular formula is C18H20Cl2N2S. The van der Waals surface area contributed by atoms with E-state index in [1.54, 1.807) is 6.07 Å². The highest BCUT2D eigenvalue weighted by Crippen LogP contribution is 2.24. The van der Waals surface area contributed by atoms with Gasteiger partial charge < -0.3 is 10.6 Å². The Bertz CT molecular complexity index is 691. The molecule has 0 saturated heterocycles. The van der Waals surface area contributed by atoms with Crippen LogP contribution in [0.1, 0.15) is 31.9 Å². The summed E-state index contributed by atoms with van der Waals surface area (Å²) < 4.78 is 0. The standard InChI is InChI=1S/C18H20Cl2N2S/c1-18(2,3)13-5-7-14(8-6-13)22-17(23)21-11-12-4-9-15(19)16(20)10-12/h4-10H,11H2,1-3H3,(H2,21,22,23). The number of hydrogen-bond acceptors (Lipinski definition) is 1. The summed E-state index contributed by atoms with van der Waals surface area (Å²) in [4.78, 5) is 0. The lowest BCUT2D eigenvalue weighted by atomic mass is 9.87. The molecule has 0 aliphatic rings. The minimum atomic E-state index is 0.144. The number of hydrogen-bond donors (Lipinski definition) is 2. The van der Waals surface area contributed by atoms with Gasteiger partial charge in [-0.05, 0) is 53.0 Å². The summed E-state index contributed by atoms with van der Waals surface area (Å²) in [7, 11) is 0. The van der Waals surface area contributed by atoms with Crippen LogP contribution >= 0.6 is 35.4 Å². The summed E-state index contributed by atoms with van der Waals surface area (Å²) in [5.41, 5.74) is 3.42. The third-order valence-corrected chi connectivity index (χ3v) is 4.43. The number of nitrogens with one attached hydrogen (secondary N) is 2. The summed E-state index contributed by atoms with van der Waals surface area (Å²) in [5, 5.41) is 8.00. The SMILES string of the molecule is CC(C)(C)c1ccc(NC(=S)NCc2ccc(Cl)c(Cl)c2)cc1. The van der Waals surface area contributed by atoms with Crippen LogP contribution in [0.2, 0.25) is 10.0 Å². The first-order valence-electron chi connectivity index (χ1n) is 7.35. The van der Waals surface area contributed by atoms with E-state index in [0.717, 1.165) is 11.3 Å². The zero-order chi connectivity index (χ0) is 17.0. The van der Waals surface area contributed by atoms with Crippen molar-refractivity contribution in [2.75, 3.05) is 5.32 Å². The lowest BCUT2D eigenvalue weighted by Crippen LogP contribution is -2.27. The van der Waals surface area contributed by atoms with Gasteiger partial charge in [0.1, 0.15) is 0 Å². The van der Waals surface area contributed by atoms with Gasteiger partial charge in [-0.3, -0.25) is 0 Å². The first kappa shape index (κ1) is 18.1. The second kappa shape index (κ2) is 7.52. The molecule has 23 heavy (non-hydrogen) atoms. The fourth-order valence-electron chi connectivity index (χ4n) is 2.06. The van der Waals surface area contributed by atoms with Crippen LogP contribution in [-0.2, 0) is 12.0 Å². The van der Waals surface area contributed by atoms with Gasteiger partial charge in [-0.15, -0.1) is 0 Å². The Labute approximate surface area is 153 Å². The van der Waals surface area contributed by atoms with E-state index in [2.05, 4.69) is 43.5 Å². The van der Waals surface area contributed by atoms with E-state index >= 15 is 0 Å². The maximum Gasteiger partial charge on any atom is 0.171 e. The predicted molar refractivity (Wildman–Crippen MR) is 105 cm³/mol. The van der Waals surface area contributed by atoms with Gasteiger partial charge in [0.15, 0.2) is 5.11 Å². The second-order valence-corrected chi connectivity index (χ2v) is 7.61. The highest BCUT2D eigenvalue weighted by Gasteiger charge is 2.12. The number of anilines is 1. The molecule has 0 fully saturated rings. The molecule has 0 saturated carbocycles. The van der Waals surface area contributed by atoms with Crippen LogP contribution in [0.3, 0.4) is 0 Å². The molecule has 0 amide bonds. The molecule has 0 spiro atoms. The molecule has 0 radical (unpaired) electrons. The van der Waals surface area contributed by atoms with Crippen LogP contribution in [-0.4, -0.2) is 5.11 Å². The van der Waals surface area contributed by atoms with Crippen molar-refractivity contribution in [2.45, 2.75) is 32.7 Å². The Balaban J connectivity index is 1.90. The molecule has 5 heteroatoms. The smallest absolute Gasteiger partial charge is 0.171 e. The van der Waals surface area contributed by atoms with Gasteiger partial charge in [0, 0.05) is 12.2 Å². The molecule has 2 N–H and O–H groups in total. The zero-order valence-electron chi connectivity index (χ0n) is 13.4. The highest BCUT2D eigenvalue weighted by molar-refractivity contribution is 7.80. The largest absolute Gasteiger partial charge is 0.358 e. The average Bonchev–Trinajstić information content (AvgIpc) is 2.48. The van der Waals surface area contributed by atoms with Crippen LogP contribution in [0.15, 0.2) is 42.5 Å². The molecule has 0 heterocycles. The Morgan fingerprint density at radius 3 is 2.22 bits per heavy atom. The fraction of sp³-hybridized carbons (Fsp3) is 0.278. The molecule has 2 nitrogen and oxygen atoms in total. The number of thiocarbonyl (C=S) groups is 1. The number of benzene rings is 2. The lowest BCUT2D eigenvalue weighted by Gasteiger charge is -2.19. The minimum absolute atomic E-state index is 0.144. The second-order valence-electron chi connectivity index (χ2n) is 6.38. The van der Waals surface area contributed by atoms with E-state index in [1.165, 1.54) is 5.56 Å². The van der Waals surface area contributed by atoms with Gasteiger partial charge >= 0.3 is 0 Å². The molecule has 2 aromatic carbocycles. The lowest BCUT2D eigenvalue weighted by molar-refractivity contribution is 0.590. The number of halogens is 2. The van der Waals surface area contributed by atoms with Gasteiger partial charge in [-0.2, -0.15) is 0 Å². The topological polar surface area (TPSA) is 24.1 Å². The van der Waals surface area contributed by atoms with E-state index in [9.17, 15) is 0 Å². The van der Waals surface area contributed by atoms with Crippen LogP contribution in [0, 0.1) is 0 Å². The third kappa shape index (κ3) is 5.38. The molecule has 2 rings (SSSR count). The summed E-state index contributed by atoms with van der Waals surface area (Å²) in [6.07, 6.45) is 0. The highest BCUT2D eigenvalue weighted by atomic mass is 35.5. The number of rotatable bonds is 3. The van der Waals surface area contributed by atoms with E-state index < -0.39 is 0 Å². The third-order valence-electron chi connectivity index (χ3n) is 3.45. The van der Waals surface area contributed by atoms with Crippen LogP contribution < -0.4 is 10.6 Å². The summed E-state index contributed by atoms with van der Waals surface area (Å²) in [5.74, 6) is 0. The molecule has 122 valence electrons. The van der Waals surface area contributed by atoms with Gasteiger partial charge in [-0.1, -0.05) is 62.2 Å². The van der Waals surface area contributed by atoms with E-state index in [-0.39, 0.29) is 5.41 Å². The van der Waals surface area contributed by atoms with Crippen molar-refractivity contribution in [3.63, 3.8) is 0 Å². The van der Waals surface area contributed by atoms with Gasteiger partial charge in [0.25, 0.3) is 0 Å². The zero-order valence-corrected chi connectivity index (χ0v) is 15.7. The molecule has 2 aromatic rings. The normalized spacial score (nSPS) is 11.2. The Kier molecular flexibility index (Phi) is 5.90. The van der Waals surface area contributed by atoms with E-state index in [0.29, 0.717) is 21.7 Å². The van der Waals surface area contributed by atoms with Crippen molar-refractivity contribution in [3.8, 4) is 0 Å². The Morgan fingerprint density at radius 2 is 1.65 bits per heavy atom. The van der Waals surface area contributed by atoms with Crippen molar-refractivity contribution < 1.29 is 0 Å². The molecule has 0 aliphatic heterocycles. The quantitative estimate of drug-likeness (QED) is 0.673. The molecular weight excluding hydrogens is 347 g/mol. The van der Waals surface area contributed by atoms with Crippen molar-refractivity contribution >= 4 is 46.2 Å². The van der Waals surface area contributed by atoms with Crippen LogP contribution in [0.5, 0.6) is 0 Å². The van der Waals surface area contributed by atoms with Gasteiger partial charge in [-0.25, -0.2) is 0 Å². The van der Waals surface area contributed by atoms with Crippen LogP contribution in [0.25, 0.3) is 0 Å². The summed E-state index contributed by atoms with van der Waals surface area (Å²) in [6.45, 7) is 7.17.